The Hall–Kier alpha value is -1.07. The van der Waals surface area contributed by atoms with Gasteiger partial charge in [-0.25, -0.2) is 4.98 Å². The highest BCUT2D eigenvalue weighted by atomic mass is 35.5. The number of rotatable bonds is 2. The fourth-order valence-electron chi connectivity index (χ4n) is 1.70. The van der Waals surface area contributed by atoms with Gasteiger partial charge in [0.1, 0.15) is 11.6 Å². The molecular formula is C12H8Cl2N2OS. The first kappa shape index (κ1) is 12.0. The highest BCUT2D eigenvalue weighted by molar-refractivity contribution is 7.10. The summed E-state index contributed by atoms with van der Waals surface area (Å²) in [6, 6.07) is 6.83. The molecule has 0 saturated heterocycles. The summed E-state index contributed by atoms with van der Waals surface area (Å²) in [6.45, 7) is 0. The molecule has 0 radical (unpaired) electrons. The van der Waals surface area contributed by atoms with Crippen molar-refractivity contribution in [3.8, 4) is 0 Å². The van der Waals surface area contributed by atoms with Crippen LogP contribution in [0, 0.1) is 0 Å². The van der Waals surface area contributed by atoms with Crippen molar-refractivity contribution in [3.63, 3.8) is 0 Å². The number of fused-ring (bicyclic) bond motifs is 1. The maximum atomic E-state index is 6.09. The van der Waals surface area contributed by atoms with Crippen molar-refractivity contribution in [2.45, 2.75) is 6.04 Å². The predicted molar refractivity (Wildman–Crippen MR) is 74.4 cm³/mol. The molecule has 0 saturated carbocycles. The lowest BCUT2D eigenvalue weighted by molar-refractivity contribution is 0.507. The first-order chi connectivity index (χ1) is 8.65. The average molecular weight is 299 g/mol. The largest absolute Gasteiger partial charge is 0.437 e. The third-order valence-corrected chi connectivity index (χ3v) is 4.00. The number of hydrogen-bond acceptors (Lipinski definition) is 4. The third kappa shape index (κ3) is 2.01. The molecular weight excluding hydrogens is 291 g/mol. The lowest BCUT2D eigenvalue weighted by atomic mass is 10.2. The molecule has 18 heavy (non-hydrogen) atoms. The fourth-order valence-corrected chi connectivity index (χ4v) is 2.94. The summed E-state index contributed by atoms with van der Waals surface area (Å²) in [5.41, 5.74) is 7.23. The molecule has 0 spiro atoms. The van der Waals surface area contributed by atoms with Gasteiger partial charge in [-0.3, -0.25) is 0 Å². The Kier molecular flexibility index (Phi) is 3.03. The molecule has 2 aromatic heterocycles. The molecule has 92 valence electrons. The molecule has 1 unspecified atom stereocenters. The van der Waals surface area contributed by atoms with Gasteiger partial charge >= 0.3 is 0 Å². The molecule has 1 aromatic carbocycles. The zero-order valence-electron chi connectivity index (χ0n) is 9.06. The Balaban J connectivity index is 2.11. The van der Waals surface area contributed by atoms with E-state index in [0.29, 0.717) is 27.0 Å². The number of oxazole rings is 1. The van der Waals surface area contributed by atoms with Gasteiger partial charge in [-0.15, -0.1) is 11.3 Å². The zero-order chi connectivity index (χ0) is 12.7. The minimum atomic E-state index is -0.382. The second kappa shape index (κ2) is 4.55. The molecule has 3 rings (SSSR count). The smallest absolute Gasteiger partial charge is 0.217 e. The van der Waals surface area contributed by atoms with Crippen LogP contribution in [0.25, 0.3) is 11.1 Å². The summed E-state index contributed by atoms with van der Waals surface area (Å²) in [7, 11) is 0. The van der Waals surface area contributed by atoms with E-state index in [9.17, 15) is 0 Å². The van der Waals surface area contributed by atoms with Gasteiger partial charge in [-0.2, -0.15) is 0 Å². The number of nitrogens with zero attached hydrogens (tertiary/aromatic N) is 1. The van der Waals surface area contributed by atoms with Crippen LogP contribution in [-0.2, 0) is 0 Å². The van der Waals surface area contributed by atoms with Crippen LogP contribution >= 0.6 is 34.5 Å². The van der Waals surface area contributed by atoms with Crippen LogP contribution in [0.4, 0.5) is 0 Å². The number of hydrogen-bond donors (Lipinski definition) is 1. The summed E-state index contributed by atoms with van der Waals surface area (Å²) in [4.78, 5) is 5.33. The average Bonchev–Trinajstić information content (AvgIpc) is 2.96. The van der Waals surface area contributed by atoms with Crippen LogP contribution in [0.3, 0.4) is 0 Å². The van der Waals surface area contributed by atoms with Crippen LogP contribution in [-0.4, -0.2) is 4.98 Å². The van der Waals surface area contributed by atoms with Crippen molar-refractivity contribution in [1.82, 2.24) is 4.98 Å². The summed E-state index contributed by atoms with van der Waals surface area (Å²) >= 11 is 13.5. The number of aromatic nitrogens is 1. The molecule has 6 heteroatoms. The van der Waals surface area contributed by atoms with E-state index < -0.39 is 0 Å². The Morgan fingerprint density at radius 3 is 2.89 bits per heavy atom. The van der Waals surface area contributed by atoms with E-state index in [0.717, 1.165) is 4.88 Å². The molecule has 0 aliphatic carbocycles. The third-order valence-electron chi connectivity index (χ3n) is 2.54. The standard InChI is InChI=1S/C12H8Cl2N2OS/c13-6-4-7(14)11-8(5-6)16-12(17-11)10(15)9-2-1-3-18-9/h1-5,10H,15H2. The molecule has 0 aliphatic heterocycles. The summed E-state index contributed by atoms with van der Waals surface area (Å²) in [6.07, 6.45) is 0. The summed E-state index contributed by atoms with van der Waals surface area (Å²) in [5.74, 6) is 0.441. The molecule has 0 fully saturated rings. The maximum Gasteiger partial charge on any atom is 0.217 e. The molecule has 2 N–H and O–H groups in total. The Bertz CT molecular complexity index is 693. The molecule has 0 bridgehead atoms. The van der Waals surface area contributed by atoms with Crippen molar-refractivity contribution in [3.05, 3.63) is 50.5 Å². The van der Waals surface area contributed by atoms with E-state index >= 15 is 0 Å². The number of halogens is 2. The second-order valence-electron chi connectivity index (χ2n) is 3.78. The van der Waals surface area contributed by atoms with Crippen LogP contribution in [0.1, 0.15) is 16.8 Å². The maximum absolute atomic E-state index is 6.09. The topological polar surface area (TPSA) is 52.0 Å². The van der Waals surface area contributed by atoms with Crippen molar-refractivity contribution < 1.29 is 4.42 Å². The summed E-state index contributed by atoms with van der Waals surface area (Å²) in [5, 5.41) is 2.92. The molecule has 0 amide bonds. The highest BCUT2D eigenvalue weighted by Gasteiger charge is 2.18. The van der Waals surface area contributed by atoms with Gasteiger partial charge in [-0.05, 0) is 23.6 Å². The lowest BCUT2D eigenvalue weighted by Crippen LogP contribution is -2.10. The molecule has 2 heterocycles. The van der Waals surface area contributed by atoms with Gasteiger partial charge in [0.05, 0.1) is 5.02 Å². The van der Waals surface area contributed by atoms with Gasteiger partial charge in [-0.1, -0.05) is 29.3 Å². The number of benzene rings is 1. The van der Waals surface area contributed by atoms with Gasteiger partial charge < -0.3 is 10.2 Å². The Morgan fingerprint density at radius 1 is 1.33 bits per heavy atom. The van der Waals surface area contributed by atoms with E-state index in [-0.39, 0.29) is 6.04 Å². The zero-order valence-corrected chi connectivity index (χ0v) is 11.4. The van der Waals surface area contributed by atoms with E-state index in [1.165, 1.54) is 0 Å². The number of thiophene rings is 1. The van der Waals surface area contributed by atoms with Crippen LogP contribution in [0.15, 0.2) is 34.1 Å². The van der Waals surface area contributed by atoms with Crippen molar-refractivity contribution in [2.24, 2.45) is 5.73 Å². The Morgan fingerprint density at radius 2 is 2.17 bits per heavy atom. The normalized spacial score (nSPS) is 13.1. The highest BCUT2D eigenvalue weighted by Crippen LogP contribution is 2.31. The summed E-state index contributed by atoms with van der Waals surface area (Å²) < 4.78 is 5.62. The minimum Gasteiger partial charge on any atom is -0.437 e. The van der Waals surface area contributed by atoms with Gasteiger partial charge in [0.2, 0.25) is 5.89 Å². The molecule has 3 aromatic rings. The van der Waals surface area contributed by atoms with Gasteiger partial charge in [0.25, 0.3) is 0 Å². The first-order valence-electron chi connectivity index (χ1n) is 5.19. The Labute approximate surface area is 117 Å². The first-order valence-corrected chi connectivity index (χ1v) is 6.83. The molecule has 0 aliphatic rings. The quantitative estimate of drug-likeness (QED) is 0.770. The van der Waals surface area contributed by atoms with E-state index in [2.05, 4.69) is 4.98 Å². The van der Waals surface area contributed by atoms with Gasteiger partial charge in [0, 0.05) is 9.90 Å². The predicted octanol–water partition coefficient (Wildman–Crippen LogP) is 4.24. The van der Waals surface area contributed by atoms with Crippen molar-refractivity contribution in [1.29, 1.82) is 0 Å². The van der Waals surface area contributed by atoms with E-state index in [4.69, 9.17) is 33.4 Å². The van der Waals surface area contributed by atoms with Gasteiger partial charge in [0.15, 0.2) is 5.58 Å². The van der Waals surface area contributed by atoms with Crippen LogP contribution in [0.5, 0.6) is 0 Å². The van der Waals surface area contributed by atoms with Crippen LogP contribution in [0.2, 0.25) is 10.0 Å². The monoisotopic (exact) mass is 298 g/mol. The SMILES string of the molecule is NC(c1nc2cc(Cl)cc(Cl)c2o1)c1cccs1. The van der Waals surface area contributed by atoms with E-state index in [1.807, 2.05) is 17.5 Å². The van der Waals surface area contributed by atoms with Crippen LogP contribution < -0.4 is 5.73 Å². The second-order valence-corrected chi connectivity index (χ2v) is 5.60. The molecule has 3 nitrogen and oxygen atoms in total. The minimum absolute atomic E-state index is 0.382. The lowest BCUT2D eigenvalue weighted by Gasteiger charge is -2.02. The number of nitrogens with two attached hydrogens (primary N) is 1. The van der Waals surface area contributed by atoms with E-state index in [1.54, 1.807) is 23.5 Å². The van der Waals surface area contributed by atoms with Crippen molar-refractivity contribution in [2.75, 3.05) is 0 Å². The van der Waals surface area contributed by atoms with Crippen molar-refractivity contribution >= 4 is 45.6 Å². The molecule has 1 atom stereocenters. The fraction of sp³-hybridized carbons (Fsp3) is 0.0833.